The number of hydrogen-bond donors (Lipinski definition) is 1. The normalized spacial score (nSPS) is 51.1. The molecule has 0 radical (unpaired) electrons. The van der Waals surface area contributed by atoms with Crippen molar-refractivity contribution in [2.45, 2.75) is 89.8 Å². The number of esters is 2. The van der Waals surface area contributed by atoms with E-state index in [2.05, 4.69) is 0 Å². The van der Waals surface area contributed by atoms with E-state index < -0.39 is 57.7 Å². The number of fused-ring (bicyclic) bond motifs is 3. The number of carbonyl (C=O) groups excluding carboxylic acids is 3. The fraction of sp³-hybridized carbons (Fsp3) is 0.731. The maximum absolute atomic E-state index is 14.2. The molecule has 5 aliphatic rings. The number of cyclic esters (lactones) is 2. The van der Waals surface area contributed by atoms with Crippen LogP contribution in [0.15, 0.2) is 22.8 Å². The second-order valence-corrected chi connectivity index (χ2v) is 12.1. The van der Waals surface area contributed by atoms with Crippen LogP contribution < -0.4 is 0 Å². The number of ether oxygens (including phenoxy) is 3. The zero-order valence-electron chi connectivity index (χ0n) is 20.3. The highest BCUT2D eigenvalue weighted by molar-refractivity contribution is 5.93. The maximum atomic E-state index is 14.2. The Morgan fingerprint density at radius 3 is 2.41 bits per heavy atom. The molecule has 4 heterocycles. The molecular formula is C26H32O8. The molecule has 9 atom stereocenters. The average Bonchev–Trinajstić information content (AvgIpc) is 3.33. The Balaban J connectivity index is 1.53. The summed E-state index contributed by atoms with van der Waals surface area (Å²) in [5.74, 6) is -1.09. The molecule has 34 heavy (non-hydrogen) atoms. The number of epoxide rings is 1. The van der Waals surface area contributed by atoms with Crippen LogP contribution in [0.25, 0.3) is 0 Å². The largest absolute Gasteiger partial charge is 0.465 e. The SMILES string of the molecule is CC1(C)OC(=O)C[C@@H](O)[C@@]2(C)[C@@H]1CC(=O)[C@]1(C)[C@@H]2CC[C@]2(C)[C@@H](c3ccco3)OC(=O)[C@@H]3O[C@@]321. The fourth-order valence-corrected chi connectivity index (χ4v) is 8.85. The summed E-state index contributed by atoms with van der Waals surface area (Å²) >= 11 is 0. The Labute approximate surface area is 198 Å². The first-order valence-electron chi connectivity index (χ1n) is 12.2. The van der Waals surface area contributed by atoms with Crippen LogP contribution in [0.1, 0.15) is 72.2 Å². The van der Waals surface area contributed by atoms with Crippen LogP contribution in [0, 0.1) is 28.1 Å². The van der Waals surface area contributed by atoms with Crippen molar-refractivity contribution in [1.82, 2.24) is 0 Å². The monoisotopic (exact) mass is 472 g/mol. The number of rotatable bonds is 1. The van der Waals surface area contributed by atoms with Gasteiger partial charge in [0.1, 0.15) is 22.7 Å². The van der Waals surface area contributed by atoms with Crippen LogP contribution in [0.3, 0.4) is 0 Å². The Hall–Kier alpha value is -2.19. The first-order valence-corrected chi connectivity index (χ1v) is 12.2. The van der Waals surface area contributed by atoms with Gasteiger partial charge in [0.15, 0.2) is 12.2 Å². The van der Waals surface area contributed by atoms with E-state index in [1.807, 2.05) is 34.6 Å². The number of ketones is 1. The molecular weight excluding hydrogens is 440 g/mol. The second kappa shape index (κ2) is 6.32. The first kappa shape index (κ1) is 22.3. The minimum absolute atomic E-state index is 0.0143. The summed E-state index contributed by atoms with van der Waals surface area (Å²) in [6, 6.07) is 3.54. The van der Waals surface area contributed by atoms with Gasteiger partial charge in [-0.1, -0.05) is 13.8 Å². The molecule has 2 saturated carbocycles. The molecule has 0 unspecified atom stereocenters. The van der Waals surface area contributed by atoms with E-state index in [0.29, 0.717) is 18.6 Å². The third-order valence-electron chi connectivity index (χ3n) is 10.5. The molecule has 0 amide bonds. The minimum Gasteiger partial charge on any atom is -0.465 e. The first-order chi connectivity index (χ1) is 15.8. The molecule has 8 heteroatoms. The highest BCUT2D eigenvalue weighted by Crippen LogP contribution is 2.78. The third kappa shape index (κ3) is 2.25. The van der Waals surface area contributed by atoms with Gasteiger partial charge in [-0.3, -0.25) is 9.59 Å². The molecule has 1 spiro atoms. The van der Waals surface area contributed by atoms with Gasteiger partial charge in [-0.2, -0.15) is 0 Å². The molecule has 8 nitrogen and oxygen atoms in total. The molecule has 2 aliphatic carbocycles. The molecule has 6 rings (SSSR count). The van der Waals surface area contributed by atoms with Crippen molar-refractivity contribution < 1.29 is 38.1 Å². The lowest BCUT2D eigenvalue weighted by Gasteiger charge is -2.65. The molecule has 1 aromatic heterocycles. The van der Waals surface area contributed by atoms with Crippen molar-refractivity contribution in [2.24, 2.45) is 28.1 Å². The van der Waals surface area contributed by atoms with E-state index >= 15 is 0 Å². The lowest BCUT2D eigenvalue weighted by atomic mass is 9.37. The summed E-state index contributed by atoms with van der Waals surface area (Å²) in [5, 5.41) is 11.4. The lowest BCUT2D eigenvalue weighted by Crippen LogP contribution is -2.72. The summed E-state index contributed by atoms with van der Waals surface area (Å²) in [4.78, 5) is 39.8. The summed E-state index contributed by atoms with van der Waals surface area (Å²) in [6.45, 7) is 9.58. The number of carbonyl (C=O) groups is 3. The number of furan rings is 1. The third-order valence-corrected chi connectivity index (χ3v) is 10.5. The Kier molecular flexibility index (Phi) is 4.14. The predicted molar refractivity (Wildman–Crippen MR) is 116 cm³/mol. The van der Waals surface area contributed by atoms with Gasteiger partial charge >= 0.3 is 11.9 Å². The number of aliphatic hydroxyl groups excluding tert-OH is 1. The molecule has 0 aromatic carbocycles. The van der Waals surface area contributed by atoms with E-state index in [1.165, 1.54) is 0 Å². The van der Waals surface area contributed by atoms with Gasteiger partial charge in [0.05, 0.1) is 24.2 Å². The fourth-order valence-electron chi connectivity index (χ4n) is 8.85. The molecule has 1 N–H and O–H groups in total. The van der Waals surface area contributed by atoms with Gasteiger partial charge in [0.2, 0.25) is 0 Å². The van der Waals surface area contributed by atoms with Crippen LogP contribution in [0.5, 0.6) is 0 Å². The van der Waals surface area contributed by atoms with Crippen LogP contribution in [0.4, 0.5) is 0 Å². The van der Waals surface area contributed by atoms with Crippen molar-refractivity contribution in [1.29, 1.82) is 0 Å². The van der Waals surface area contributed by atoms with E-state index in [4.69, 9.17) is 18.6 Å². The van der Waals surface area contributed by atoms with Gasteiger partial charge in [-0.05, 0) is 51.7 Å². The molecule has 3 saturated heterocycles. The highest BCUT2D eigenvalue weighted by atomic mass is 16.7. The van der Waals surface area contributed by atoms with Gasteiger partial charge in [-0.25, -0.2) is 4.79 Å². The number of Topliss-reactive ketones (excluding diaryl/α,β-unsaturated/α-hetero) is 1. The van der Waals surface area contributed by atoms with Crippen molar-refractivity contribution in [2.75, 3.05) is 0 Å². The van der Waals surface area contributed by atoms with E-state index in [9.17, 15) is 19.5 Å². The summed E-state index contributed by atoms with van der Waals surface area (Å²) < 4.78 is 23.6. The van der Waals surface area contributed by atoms with E-state index in [-0.39, 0.29) is 30.5 Å². The van der Waals surface area contributed by atoms with E-state index in [1.54, 1.807) is 18.4 Å². The summed E-state index contributed by atoms with van der Waals surface area (Å²) in [6.07, 6.45) is 0.292. The molecule has 5 fully saturated rings. The van der Waals surface area contributed by atoms with Crippen molar-refractivity contribution >= 4 is 17.7 Å². The van der Waals surface area contributed by atoms with E-state index in [0.717, 1.165) is 0 Å². The zero-order valence-corrected chi connectivity index (χ0v) is 20.3. The summed E-state index contributed by atoms with van der Waals surface area (Å²) in [5.41, 5.74) is -4.51. The van der Waals surface area contributed by atoms with Gasteiger partial charge in [0, 0.05) is 23.2 Å². The highest BCUT2D eigenvalue weighted by Gasteiger charge is 2.88. The Morgan fingerprint density at radius 2 is 1.74 bits per heavy atom. The average molecular weight is 473 g/mol. The number of aliphatic hydroxyl groups is 1. The second-order valence-electron chi connectivity index (χ2n) is 12.1. The topological polar surface area (TPSA) is 116 Å². The van der Waals surface area contributed by atoms with Crippen LogP contribution >= 0.6 is 0 Å². The van der Waals surface area contributed by atoms with Crippen molar-refractivity contribution in [3.63, 3.8) is 0 Å². The Morgan fingerprint density at radius 1 is 1.00 bits per heavy atom. The molecule has 3 aliphatic heterocycles. The van der Waals surface area contributed by atoms with Crippen molar-refractivity contribution in [3.05, 3.63) is 24.2 Å². The van der Waals surface area contributed by atoms with Crippen LogP contribution in [0.2, 0.25) is 0 Å². The number of hydrogen-bond acceptors (Lipinski definition) is 8. The molecule has 0 bridgehead atoms. The quantitative estimate of drug-likeness (QED) is 0.490. The van der Waals surface area contributed by atoms with Crippen LogP contribution in [-0.4, -0.2) is 46.2 Å². The smallest absolute Gasteiger partial charge is 0.339 e. The van der Waals surface area contributed by atoms with Gasteiger partial charge in [-0.15, -0.1) is 0 Å². The molecule has 1 aromatic rings. The van der Waals surface area contributed by atoms with Gasteiger partial charge in [0.25, 0.3) is 0 Å². The lowest BCUT2D eigenvalue weighted by molar-refractivity contribution is -0.232. The molecule has 184 valence electrons. The maximum Gasteiger partial charge on any atom is 0.339 e. The van der Waals surface area contributed by atoms with Gasteiger partial charge < -0.3 is 23.7 Å². The van der Waals surface area contributed by atoms with Crippen molar-refractivity contribution in [3.8, 4) is 0 Å². The minimum atomic E-state index is -1.07. The summed E-state index contributed by atoms with van der Waals surface area (Å²) in [7, 11) is 0. The predicted octanol–water partition coefficient (Wildman–Crippen LogP) is 3.12. The standard InChI is InChI=1S/C26H32O8/c1-22(2)15-11-17(28)25(5)14(24(15,4)16(27)12-18(29)33-22)8-9-23(3)19(13-7-6-10-31-13)32-21(30)20-26(23,25)34-20/h6-7,10,14-16,19-20,27H,8-9,11-12H2,1-5H3/t14-,15-,16-,19-,20+,23-,24-,25+,26+/m1/s1. The Bertz CT molecular complexity index is 1090. The van der Waals surface area contributed by atoms with Crippen LogP contribution in [-0.2, 0) is 28.6 Å². The zero-order chi connectivity index (χ0) is 24.5.